The van der Waals surface area contributed by atoms with E-state index in [0.29, 0.717) is 6.04 Å². The van der Waals surface area contributed by atoms with Gasteiger partial charge in [0.15, 0.2) is 0 Å². The third kappa shape index (κ3) is 3.63. The average Bonchev–Trinajstić information content (AvgIpc) is 3.14. The molecule has 0 spiro atoms. The minimum absolute atomic E-state index is 0.313. The lowest BCUT2D eigenvalue weighted by Crippen LogP contribution is -2.18. The molecule has 2 aromatic carbocycles. The van der Waals surface area contributed by atoms with E-state index in [4.69, 9.17) is 4.74 Å². The van der Waals surface area contributed by atoms with E-state index in [2.05, 4.69) is 53.2 Å². The van der Waals surface area contributed by atoms with Crippen LogP contribution in [0.25, 0.3) is 5.69 Å². The molecule has 0 saturated carbocycles. The molecule has 0 aliphatic heterocycles. The quantitative estimate of drug-likeness (QED) is 0.733. The molecular formula is C20H22N2O. The molecule has 1 aromatic heterocycles. The first-order valence-electron chi connectivity index (χ1n) is 7.86. The molecule has 0 bridgehead atoms. The van der Waals surface area contributed by atoms with Crippen LogP contribution in [0.1, 0.15) is 24.1 Å². The molecule has 118 valence electrons. The van der Waals surface area contributed by atoms with Crippen molar-refractivity contribution in [1.82, 2.24) is 9.88 Å². The first kappa shape index (κ1) is 15.4. The fourth-order valence-electron chi connectivity index (χ4n) is 2.67. The minimum Gasteiger partial charge on any atom is -0.495 e. The van der Waals surface area contributed by atoms with Gasteiger partial charge in [-0.2, -0.15) is 0 Å². The van der Waals surface area contributed by atoms with Crippen molar-refractivity contribution in [2.75, 3.05) is 7.11 Å². The van der Waals surface area contributed by atoms with Gasteiger partial charge in [0.2, 0.25) is 0 Å². The Bertz CT molecular complexity index is 736. The molecular weight excluding hydrogens is 284 g/mol. The maximum atomic E-state index is 5.48. The highest BCUT2D eigenvalue weighted by atomic mass is 16.5. The molecule has 0 aliphatic rings. The van der Waals surface area contributed by atoms with Crippen LogP contribution in [-0.4, -0.2) is 11.7 Å². The Morgan fingerprint density at radius 2 is 1.74 bits per heavy atom. The zero-order valence-corrected chi connectivity index (χ0v) is 13.6. The smallest absolute Gasteiger partial charge is 0.142 e. The highest BCUT2D eigenvalue weighted by Crippen LogP contribution is 2.24. The summed E-state index contributed by atoms with van der Waals surface area (Å²) in [5, 5.41) is 3.58. The fourth-order valence-corrected chi connectivity index (χ4v) is 2.67. The van der Waals surface area contributed by atoms with Gasteiger partial charge in [-0.25, -0.2) is 0 Å². The van der Waals surface area contributed by atoms with Gasteiger partial charge in [-0.05, 0) is 42.3 Å². The van der Waals surface area contributed by atoms with Gasteiger partial charge >= 0.3 is 0 Å². The van der Waals surface area contributed by atoms with E-state index in [0.717, 1.165) is 18.0 Å². The molecule has 3 heteroatoms. The third-order valence-electron chi connectivity index (χ3n) is 4.04. The lowest BCUT2D eigenvalue weighted by atomic mass is 10.1. The van der Waals surface area contributed by atoms with Crippen molar-refractivity contribution in [3.05, 3.63) is 84.2 Å². The number of hydrogen-bond acceptors (Lipinski definition) is 2. The first-order valence-corrected chi connectivity index (χ1v) is 7.86. The van der Waals surface area contributed by atoms with Crippen LogP contribution in [0.2, 0.25) is 0 Å². The van der Waals surface area contributed by atoms with Gasteiger partial charge in [0.05, 0.1) is 12.8 Å². The molecule has 3 rings (SSSR count). The van der Waals surface area contributed by atoms with Crippen molar-refractivity contribution in [3.63, 3.8) is 0 Å². The summed E-state index contributed by atoms with van der Waals surface area (Å²) in [6.07, 6.45) is 4.06. The molecule has 0 aliphatic carbocycles. The normalized spacial score (nSPS) is 12.1. The number of aromatic nitrogens is 1. The predicted octanol–water partition coefficient (Wildman–Crippen LogP) is 4.34. The number of benzene rings is 2. The Balaban J connectivity index is 1.75. The molecule has 0 fully saturated rings. The van der Waals surface area contributed by atoms with Gasteiger partial charge in [-0.3, -0.25) is 0 Å². The second kappa shape index (κ2) is 7.16. The minimum atomic E-state index is 0.313. The predicted molar refractivity (Wildman–Crippen MR) is 94.0 cm³/mol. The van der Waals surface area contributed by atoms with Crippen LogP contribution >= 0.6 is 0 Å². The van der Waals surface area contributed by atoms with Crippen LogP contribution in [0.5, 0.6) is 5.75 Å². The SMILES string of the molecule is COc1ccc(CN[C@H](C)c2ccccc2)cc1-n1cccc1. The largest absolute Gasteiger partial charge is 0.495 e. The van der Waals surface area contributed by atoms with Crippen molar-refractivity contribution < 1.29 is 4.74 Å². The number of methoxy groups -OCH3 is 1. The van der Waals surface area contributed by atoms with Gasteiger partial charge in [-0.15, -0.1) is 0 Å². The number of nitrogens with zero attached hydrogens (tertiary/aromatic N) is 1. The molecule has 0 radical (unpaired) electrons. The summed E-state index contributed by atoms with van der Waals surface area (Å²) in [5.41, 5.74) is 3.59. The van der Waals surface area contributed by atoms with Gasteiger partial charge in [0, 0.05) is 25.0 Å². The Morgan fingerprint density at radius 3 is 2.43 bits per heavy atom. The first-order chi connectivity index (χ1) is 11.3. The molecule has 3 nitrogen and oxygen atoms in total. The molecule has 0 unspecified atom stereocenters. The topological polar surface area (TPSA) is 26.2 Å². The van der Waals surface area contributed by atoms with Crippen molar-refractivity contribution in [2.24, 2.45) is 0 Å². The molecule has 3 aromatic rings. The lowest BCUT2D eigenvalue weighted by molar-refractivity contribution is 0.412. The van der Waals surface area contributed by atoms with E-state index in [-0.39, 0.29) is 0 Å². The monoisotopic (exact) mass is 306 g/mol. The average molecular weight is 306 g/mol. The van der Waals surface area contributed by atoms with Crippen LogP contribution in [0, 0.1) is 0 Å². The number of nitrogens with one attached hydrogen (secondary N) is 1. The Hall–Kier alpha value is -2.52. The molecule has 0 amide bonds. The van der Waals surface area contributed by atoms with Crippen molar-refractivity contribution in [2.45, 2.75) is 19.5 Å². The highest BCUT2D eigenvalue weighted by molar-refractivity contribution is 5.49. The second-order valence-corrected chi connectivity index (χ2v) is 5.61. The van der Waals surface area contributed by atoms with E-state index < -0.39 is 0 Å². The highest BCUT2D eigenvalue weighted by Gasteiger charge is 2.08. The summed E-state index contributed by atoms with van der Waals surface area (Å²) in [6, 6.07) is 21.1. The van der Waals surface area contributed by atoms with Gasteiger partial charge in [-0.1, -0.05) is 36.4 Å². The van der Waals surface area contributed by atoms with Crippen LogP contribution in [0.3, 0.4) is 0 Å². The standard InChI is InChI=1S/C20H22N2O/c1-16(18-8-4-3-5-9-18)21-15-17-10-11-20(23-2)19(14-17)22-12-6-7-13-22/h3-14,16,21H,15H2,1-2H3/t16-/m1/s1. The van der Waals surface area contributed by atoms with Crippen LogP contribution in [-0.2, 0) is 6.54 Å². The Labute approximate surface area is 137 Å². The molecule has 23 heavy (non-hydrogen) atoms. The fraction of sp³-hybridized carbons (Fsp3) is 0.200. The number of hydrogen-bond donors (Lipinski definition) is 1. The summed E-state index contributed by atoms with van der Waals surface area (Å²) in [6.45, 7) is 3.00. The van der Waals surface area contributed by atoms with E-state index in [9.17, 15) is 0 Å². The summed E-state index contributed by atoms with van der Waals surface area (Å²) in [7, 11) is 1.71. The molecule has 1 N–H and O–H groups in total. The van der Waals surface area contributed by atoms with Crippen LogP contribution in [0.4, 0.5) is 0 Å². The number of ether oxygens (including phenoxy) is 1. The van der Waals surface area contributed by atoms with E-state index in [1.54, 1.807) is 7.11 Å². The number of rotatable bonds is 6. The van der Waals surface area contributed by atoms with E-state index >= 15 is 0 Å². The van der Waals surface area contributed by atoms with Crippen LogP contribution < -0.4 is 10.1 Å². The Morgan fingerprint density at radius 1 is 1.00 bits per heavy atom. The van der Waals surface area contributed by atoms with Crippen LogP contribution in [0.15, 0.2) is 73.1 Å². The summed E-state index contributed by atoms with van der Waals surface area (Å²) in [4.78, 5) is 0. The lowest BCUT2D eigenvalue weighted by Gasteiger charge is -2.16. The van der Waals surface area contributed by atoms with Crippen molar-refractivity contribution >= 4 is 0 Å². The summed E-state index contributed by atoms with van der Waals surface area (Å²) in [5.74, 6) is 0.876. The maximum absolute atomic E-state index is 5.48. The summed E-state index contributed by atoms with van der Waals surface area (Å²) < 4.78 is 7.55. The van der Waals surface area contributed by atoms with Crippen molar-refractivity contribution in [1.29, 1.82) is 0 Å². The molecule has 1 heterocycles. The maximum Gasteiger partial charge on any atom is 0.142 e. The van der Waals surface area contributed by atoms with Gasteiger partial charge in [0.1, 0.15) is 5.75 Å². The zero-order valence-electron chi connectivity index (χ0n) is 13.6. The molecule has 1 atom stereocenters. The van der Waals surface area contributed by atoms with E-state index in [1.165, 1.54) is 11.1 Å². The zero-order chi connectivity index (χ0) is 16.1. The second-order valence-electron chi connectivity index (χ2n) is 5.61. The third-order valence-corrected chi connectivity index (χ3v) is 4.04. The van der Waals surface area contributed by atoms with Crippen molar-refractivity contribution in [3.8, 4) is 11.4 Å². The van der Waals surface area contributed by atoms with E-state index in [1.807, 2.05) is 36.7 Å². The molecule has 0 saturated heterocycles. The summed E-state index contributed by atoms with van der Waals surface area (Å²) >= 11 is 0. The Kier molecular flexibility index (Phi) is 4.79. The van der Waals surface area contributed by atoms with Gasteiger partial charge < -0.3 is 14.6 Å². The van der Waals surface area contributed by atoms with Gasteiger partial charge in [0.25, 0.3) is 0 Å².